The number of rotatable bonds is 4. The van der Waals surface area contributed by atoms with Crippen LogP contribution < -0.4 is 0 Å². The molecule has 0 radical (unpaired) electrons. The second-order valence-corrected chi connectivity index (χ2v) is 12.6. The highest BCUT2D eigenvalue weighted by molar-refractivity contribution is 6.76. The lowest BCUT2D eigenvalue weighted by molar-refractivity contribution is -0.146. The smallest absolute Gasteiger partial charge is 0.309 e. The van der Waals surface area contributed by atoms with E-state index in [0.29, 0.717) is 0 Å². The molecule has 1 aromatic rings. The van der Waals surface area contributed by atoms with Crippen molar-refractivity contribution in [2.75, 3.05) is 7.11 Å². The van der Waals surface area contributed by atoms with Crippen LogP contribution in [0.5, 0.6) is 0 Å². The molecule has 2 unspecified atom stereocenters. The molecule has 0 fully saturated rings. The fourth-order valence-electron chi connectivity index (χ4n) is 3.22. The molecular formula is C18H26O2Si. The Labute approximate surface area is 129 Å². The van der Waals surface area contributed by atoms with Gasteiger partial charge in [0, 0.05) is 14.0 Å². The van der Waals surface area contributed by atoms with Crippen molar-refractivity contribution >= 4 is 14.0 Å². The summed E-state index contributed by atoms with van der Waals surface area (Å²) < 4.78 is 5.02. The second-order valence-electron chi connectivity index (χ2n) is 7.17. The first-order chi connectivity index (χ1) is 9.90. The molecule has 0 saturated heterocycles. The number of ether oxygens (including phenoxy) is 1. The number of benzene rings is 1. The summed E-state index contributed by atoms with van der Waals surface area (Å²) in [6, 6.07) is 11.6. The van der Waals surface area contributed by atoms with Gasteiger partial charge in [-0.3, -0.25) is 4.79 Å². The monoisotopic (exact) mass is 302 g/mol. The van der Waals surface area contributed by atoms with Crippen LogP contribution in [0.4, 0.5) is 0 Å². The van der Waals surface area contributed by atoms with Crippen molar-refractivity contribution in [1.82, 2.24) is 0 Å². The van der Waals surface area contributed by atoms with Gasteiger partial charge in [0.05, 0.1) is 13.0 Å². The molecule has 2 rings (SSSR count). The third-order valence-electron chi connectivity index (χ3n) is 4.07. The number of hydrogen-bond acceptors (Lipinski definition) is 2. The van der Waals surface area contributed by atoms with E-state index in [1.807, 2.05) is 18.2 Å². The third kappa shape index (κ3) is 4.30. The van der Waals surface area contributed by atoms with E-state index in [1.54, 1.807) is 0 Å². The predicted octanol–water partition coefficient (Wildman–Crippen LogP) is 4.62. The number of hydrogen-bond donors (Lipinski definition) is 0. The number of carbonyl (C=O) groups is 1. The molecule has 0 saturated carbocycles. The Morgan fingerprint density at radius 2 is 1.90 bits per heavy atom. The van der Waals surface area contributed by atoms with E-state index in [4.69, 9.17) is 4.74 Å². The molecule has 114 valence electrons. The standard InChI is InChI=1S/C18H26O2Si/c1-20-18(19)16-11-10-14(13-21(2,3)4)12-17(16)15-8-6-5-7-9-15/h5-9,12,16-17H,10-11,13H2,1-4H3. The van der Waals surface area contributed by atoms with Gasteiger partial charge >= 0.3 is 5.97 Å². The lowest BCUT2D eigenvalue weighted by Gasteiger charge is -2.31. The summed E-state index contributed by atoms with van der Waals surface area (Å²) in [5, 5.41) is 0. The van der Waals surface area contributed by atoms with E-state index in [-0.39, 0.29) is 17.8 Å². The van der Waals surface area contributed by atoms with Crippen LogP contribution in [0.3, 0.4) is 0 Å². The van der Waals surface area contributed by atoms with E-state index in [1.165, 1.54) is 24.3 Å². The van der Waals surface area contributed by atoms with Gasteiger partial charge < -0.3 is 4.74 Å². The molecule has 0 aromatic heterocycles. The molecule has 0 spiro atoms. The van der Waals surface area contributed by atoms with Gasteiger partial charge in [0.1, 0.15) is 0 Å². The van der Waals surface area contributed by atoms with Crippen molar-refractivity contribution in [2.45, 2.75) is 44.4 Å². The highest BCUT2D eigenvalue weighted by Crippen LogP contribution is 2.39. The van der Waals surface area contributed by atoms with Crippen LogP contribution in [0.25, 0.3) is 0 Å². The largest absolute Gasteiger partial charge is 0.469 e. The Balaban J connectivity index is 2.31. The molecular weight excluding hydrogens is 276 g/mol. The number of allylic oxidation sites excluding steroid dienone is 2. The van der Waals surface area contributed by atoms with Gasteiger partial charge in [-0.2, -0.15) is 0 Å². The molecule has 21 heavy (non-hydrogen) atoms. The summed E-state index contributed by atoms with van der Waals surface area (Å²) in [7, 11) is 0.375. The van der Waals surface area contributed by atoms with E-state index < -0.39 is 8.07 Å². The molecule has 0 heterocycles. The zero-order valence-electron chi connectivity index (χ0n) is 13.6. The second kappa shape index (κ2) is 6.61. The molecule has 0 bridgehead atoms. The van der Waals surface area contributed by atoms with Gasteiger partial charge in [-0.15, -0.1) is 0 Å². The van der Waals surface area contributed by atoms with Crippen LogP contribution in [0, 0.1) is 5.92 Å². The van der Waals surface area contributed by atoms with Crippen LogP contribution >= 0.6 is 0 Å². The molecule has 1 aliphatic carbocycles. The maximum Gasteiger partial charge on any atom is 0.309 e. The minimum atomic E-state index is -1.12. The van der Waals surface area contributed by atoms with Crippen molar-refractivity contribution in [3.63, 3.8) is 0 Å². The molecule has 1 aliphatic rings. The average Bonchev–Trinajstić information content (AvgIpc) is 2.45. The minimum absolute atomic E-state index is 0.0391. The van der Waals surface area contributed by atoms with Gasteiger partial charge in [0.15, 0.2) is 0 Å². The maximum absolute atomic E-state index is 12.1. The molecule has 0 N–H and O–H groups in total. The summed E-state index contributed by atoms with van der Waals surface area (Å²) >= 11 is 0. The molecule has 2 nitrogen and oxygen atoms in total. The van der Waals surface area contributed by atoms with Gasteiger partial charge in [0.25, 0.3) is 0 Å². The van der Waals surface area contributed by atoms with Crippen molar-refractivity contribution in [1.29, 1.82) is 0 Å². The lowest BCUT2D eigenvalue weighted by Crippen LogP contribution is -2.28. The molecule has 0 aliphatic heterocycles. The summed E-state index contributed by atoms with van der Waals surface area (Å²) in [4.78, 5) is 12.1. The van der Waals surface area contributed by atoms with Crippen LogP contribution in [0.2, 0.25) is 25.7 Å². The molecule has 0 amide bonds. The van der Waals surface area contributed by atoms with E-state index in [9.17, 15) is 4.79 Å². The predicted molar refractivity (Wildman–Crippen MR) is 90.2 cm³/mol. The zero-order valence-corrected chi connectivity index (χ0v) is 14.6. The van der Waals surface area contributed by atoms with Gasteiger partial charge in [-0.25, -0.2) is 0 Å². The fourth-order valence-corrected chi connectivity index (χ4v) is 4.88. The Hall–Kier alpha value is -1.35. The minimum Gasteiger partial charge on any atom is -0.469 e. The van der Waals surface area contributed by atoms with Crippen LogP contribution in [0.1, 0.15) is 24.3 Å². The summed E-state index contributed by atoms with van der Waals surface area (Å²) in [5.41, 5.74) is 2.75. The Morgan fingerprint density at radius 1 is 1.24 bits per heavy atom. The topological polar surface area (TPSA) is 26.3 Å². The Kier molecular flexibility index (Phi) is 5.04. The van der Waals surface area contributed by atoms with Gasteiger partial charge in [-0.05, 0) is 24.4 Å². The van der Waals surface area contributed by atoms with E-state index >= 15 is 0 Å². The van der Waals surface area contributed by atoms with Gasteiger partial charge in [0.2, 0.25) is 0 Å². The number of esters is 1. The van der Waals surface area contributed by atoms with E-state index in [0.717, 1.165) is 12.8 Å². The SMILES string of the molecule is COC(=O)C1CCC(C[Si](C)(C)C)=CC1c1ccccc1. The number of carbonyl (C=O) groups excluding carboxylic acids is 1. The zero-order chi connectivity index (χ0) is 15.5. The van der Waals surface area contributed by atoms with E-state index in [2.05, 4.69) is 37.8 Å². The molecule has 2 atom stereocenters. The summed E-state index contributed by atoms with van der Waals surface area (Å²) in [6.45, 7) is 7.20. The van der Waals surface area contributed by atoms with Gasteiger partial charge in [-0.1, -0.05) is 61.6 Å². The fraction of sp³-hybridized carbons (Fsp3) is 0.500. The lowest BCUT2D eigenvalue weighted by atomic mass is 9.77. The normalized spacial score (nSPS) is 22.6. The van der Waals surface area contributed by atoms with Crippen molar-refractivity contribution in [3.05, 3.63) is 47.5 Å². The Bertz CT molecular complexity index is 514. The number of methoxy groups -OCH3 is 1. The molecule has 1 aromatic carbocycles. The summed E-state index contributed by atoms with van der Waals surface area (Å²) in [5.74, 6) is 0.0497. The molecule has 3 heteroatoms. The summed E-state index contributed by atoms with van der Waals surface area (Å²) in [6.07, 6.45) is 4.29. The van der Waals surface area contributed by atoms with Crippen LogP contribution in [-0.4, -0.2) is 21.2 Å². The Morgan fingerprint density at radius 3 is 2.48 bits per heavy atom. The first kappa shape index (κ1) is 16.0. The van der Waals surface area contributed by atoms with Crippen molar-refractivity contribution < 1.29 is 9.53 Å². The van der Waals surface area contributed by atoms with Crippen molar-refractivity contribution in [2.24, 2.45) is 5.92 Å². The highest BCUT2D eigenvalue weighted by atomic mass is 28.3. The van der Waals surface area contributed by atoms with Crippen LogP contribution in [0.15, 0.2) is 42.0 Å². The quantitative estimate of drug-likeness (QED) is 0.461. The maximum atomic E-state index is 12.1. The third-order valence-corrected chi connectivity index (χ3v) is 5.59. The van der Waals surface area contributed by atoms with Crippen LogP contribution in [-0.2, 0) is 9.53 Å². The average molecular weight is 302 g/mol. The first-order valence-electron chi connectivity index (χ1n) is 7.73. The highest BCUT2D eigenvalue weighted by Gasteiger charge is 2.33. The van der Waals surface area contributed by atoms with Crippen molar-refractivity contribution in [3.8, 4) is 0 Å². The first-order valence-corrected chi connectivity index (χ1v) is 11.4.